The molecule has 0 atom stereocenters. The van der Waals surface area contributed by atoms with Crippen molar-refractivity contribution in [2.24, 2.45) is 10.9 Å². The third-order valence-corrected chi connectivity index (χ3v) is 4.52. The molecule has 120 valence electrons. The molecule has 0 radical (unpaired) electrons. The summed E-state index contributed by atoms with van der Waals surface area (Å²) >= 11 is 1.82. The van der Waals surface area contributed by atoms with Gasteiger partial charge in [-0.3, -0.25) is 4.99 Å². The highest BCUT2D eigenvalue weighted by molar-refractivity contribution is 14.0. The van der Waals surface area contributed by atoms with Gasteiger partial charge in [0.1, 0.15) is 0 Å². The van der Waals surface area contributed by atoms with Crippen molar-refractivity contribution in [3.63, 3.8) is 0 Å². The van der Waals surface area contributed by atoms with Crippen molar-refractivity contribution in [1.82, 2.24) is 15.6 Å². The number of rotatable bonds is 7. The van der Waals surface area contributed by atoms with E-state index in [1.54, 1.807) is 0 Å². The van der Waals surface area contributed by atoms with Crippen LogP contribution < -0.4 is 10.6 Å². The normalized spacial score (nSPS) is 14.7. The maximum Gasteiger partial charge on any atom is 0.191 e. The molecule has 0 aliphatic heterocycles. The zero-order valence-electron chi connectivity index (χ0n) is 13.2. The van der Waals surface area contributed by atoms with Gasteiger partial charge in [-0.1, -0.05) is 6.92 Å². The minimum Gasteiger partial charge on any atom is -0.357 e. The van der Waals surface area contributed by atoms with E-state index in [0.29, 0.717) is 0 Å². The Kier molecular flexibility index (Phi) is 8.55. The molecule has 1 aromatic heterocycles. The molecular weight excluding hydrogens is 395 g/mol. The standard InChI is InChI=1S/C15H26N4S.HI/c1-4-13-11(3)20-14(19-13)8-9-17-15(16-5-2)18-10-12-6-7-12;/h12H,4-10H2,1-3H3,(H2,16,17,18);1H. The molecule has 6 heteroatoms. The quantitative estimate of drug-likeness (QED) is 0.403. The molecule has 21 heavy (non-hydrogen) atoms. The second kappa shape index (κ2) is 9.61. The van der Waals surface area contributed by atoms with Gasteiger partial charge in [-0.15, -0.1) is 35.3 Å². The molecule has 2 rings (SSSR count). The molecule has 1 heterocycles. The molecule has 0 aromatic carbocycles. The number of aliphatic imine (C=N–C) groups is 1. The Labute approximate surface area is 149 Å². The van der Waals surface area contributed by atoms with Gasteiger partial charge in [0, 0.05) is 30.9 Å². The second-order valence-corrected chi connectivity index (χ2v) is 6.59. The van der Waals surface area contributed by atoms with Gasteiger partial charge in [0.05, 0.1) is 10.7 Å². The lowest BCUT2D eigenvalue weighted by atomic mass is 10.3. The van der Waals surface area contributed by atoms with E-state index >= 15 is 0 Å². The second-order valence-electron chi connectivity index (χ2n) is 5.30. The summed E-state index contributed by atoms with van der Waals surface area (Å²) in [5.41, 5.74) is 1.25. The molecule has 4 nitrogen and oxygen atoms in total. The van der Waals surface area contributed by atoms with E-state index < -0.39 is 0 Å². The van der Waals surface area contributed by atoms with Crippen LogP contribution in [0.2, 0.25) is 0 Å². The van der Waals surface area contributed by atoms with Crippen LogP contribution in [-0.4, -0.2) is 30.6 Å². The van der Waals surface area contributed by atoms with E-state index in [1.807, 2.05) is 11.3 Å². The van der Waals surface area contributed by atoms with Crippen LogP contribution in [0.5, 0.6) is 0 Å². The van der Waals surface area contributed by atoms with Crippen LogP contribution in [0.15, 0.2) is 4.99 Å². The molecule has 1 aliphatic carbocycles. The van der Waals surface area contributed by atoms with Crippen molar-refractivity contribution in [2.75, 3.05) is 19.6 Å². The predicted octanol–water partition coefficient (Wildman–Crippen LogP) is 3.14. The first-order valence-corrected chi connectivity index (χ1v) is 8.51. The van der Waals surface area contributed by atoms with Gasteiger partial charge in [0.15, 0.2) is 5.96 Å². The minimum absolute atomic E-state index is 0. The zero-order chi connectivity index (χ0) is 14.4. The molecule has 2 N–H and O–H groups in total. The smallest absolute Gasteiger partial charge is 0.191 e. The highest BCUT2D eigenvalue weighted by Gasteiger charge is 2.20. The fourth-order valence-electron chi connectivity index (χ4n) is 2.07. The fourth-order valence-corrected chi connectivity index (χ4v) is 3.09. The van der Waals surface area contributed by atoms with Crippen molar-refractivity contribution in [3.05, 3.63) is 15.6 Å². The van der Waals surface area contributed by atoms with Crippen LogP contribution in [-0.2, 0) is 12.8 Å². The lowest BCUT2D eigenvalue weighted by Gasteiger charge is -2.10. The molecule has 1 fully saturated rings. The Hall–Kier alpha value is -0.370. The monoisotopic (exact) mass is 422 g/mol. The van der Waals surface area contributed by atoms with Crippen molar-refractivity contribution >= 4 is 41.3 Å². The molecule has 1 aliphatic rings. The highest BCUT2D eigenvalue weighted by Crippen LogP contribution is 2.28. The first kappa shape index (κ1) is 18.7. The van der Waals surface area contributed by atoms with E-state index in [-0.39, 0.29) is 24.0 Å². The largest absolute Gasteiger partial charge is 0.357 e. The molecule has 0 unspecified atom stereocenters. The van der Waals surface area contributed by atoms with Crippen LogP contribution in [0, 0.1) is 12.8 Å². The summed E-state index contributed by atoms with van der Waals surface area (Å²) in [4.78, 5) is 10.7. The summed E-state index contributed by atoms with van der Waals surface area (Å²) in [6.07, 6.45) is 4.70. The number of aryl methyl sites for hydroxylation is 2. The number of nitrogens with zero attached hydrogens (tertiary/aromatic N) is 2. The SMILES string of the molecule is CCNC(=NCC1CC1)NCCc1nc(CC)c(C)s1.I. The molecule has 0 spiro atoms. The minimum atomic E-state index is 0. The summed E-state index contributed by atoms with van der Waals surface area (Å²) < 4.78 is 0. The lowest BCUT2D eigenvalue weighted by molar-refractivity contribution is 0.773. The highest BCUT2D eigenvalue weighted by atomic mass is 127. The average molecular weight is 422 g/mol. The molecule has 1 aromatic rings. The third kappa shape index (κ3) is 6.50. The van der Waals surface area contributed by atoms with Crippen LogP contribution >= 0.6 is 35.3 Å². The number of halogens is 1. The summed E-state index contributed by atoms with van der Waals surface area (Å²) in [6.45, 7) is 9.20. The zero-order valence-corrected chi connectivity index (χ0v) is 16.4. The first-order chi connectivity index (χ1) is 9.72. The molecule has 1 saturated carbocycles. The van der Waals surface area contributed by atoms with Crippen LogP contribution in [0.3, 0.4) is 0 Å². The third-order valence-electron chi connectivity index (χ3n) is 3.45. The van der Waals surface area contributed by atoms with Crippen molar-refractivity contribution < 1.29 is 0 Å². The van der Waals surface area contributed by atoms with Crippen molar-refractivity contribution in [3.8, 4) is 0 Å². The number of thiazole rings is 1. The molecule has 0 amide bonds. The Morgan fingerprint density at radius 1 is 1.33 bits per heavy atom. The Bertz CT molecular complexity index is 455. The fraction of sp³-hybridized carbons (Fsp3) is 0.733. The van der Waals surface area contributed by atoms with E-state index in [9.17, 15) is 0 Å². The molecule has 0 saturated heterocycles. The number of aromatic nitrogens is 1. The number of hydrogen-bond donors (Lipinski definition) is 2. The number of nitrogens with one attached hydrogen (secondary N) is 2. The van der Waals surface area contributed by atoms with E-state index in [2.05, 4.69) is 41.4 Å². The van der Waals surface area contributed by atoms with Gasteiger partial charge in [0.2, 0.25) is 0 Å². The lowest BCUT2D eigenvalue weighted by Crippen LogP contribution is -2.38. The van der Waals surface area contributed by atoms with Crippen molar-refractivity contribution in [2.45, 2.75) is 46.5 Å². The molecule has 0 bridgehead atoms. The average Bonchev–Trinajstić information content (AvgIpc) is 3.19. The number of hydrogen-bond acceptors (Lipinski definition) is 3. The van der Waals surface area contributed by atoms with E-state index in [0.717, 1.165) is 44.4 Å². The Morgan fingerprint density at radius 3 is 2.67 bits per heavy atom. The van der Waals surface area contributed by atoms with Gasteiger partial charge in [-0.2, -0.15) is 0 Å². The summed E-state index contributed by atoms with van der Waals surface area (Å²) in [5.74, 6) is 1.78. The van der Waals surface area contributed by atoms with Crippen LogP contribution in [0.25, 0.3) is 0 Å². The van der Waals surface area contributed by atoms with Crippen LogP contribution in [0.4, 0.5) is 0 Å². The van der Waals surface area contributed by atoms with E-state index in [4.69, 9.17) is 0 Å². The van der Waals surface area contributed by atoms with Crippen LogP contribution in [0.1, 0.15) is 42.3 Å². The number of guanidine groups is 1. The predicted molar refractivity (Wildman–Crippen MR) is 102 cm³/mol. The van der Waals surface area contributed by atoms with Crippen molar-refractivity contribution in [1.29, 1.82) is 0 Å². The Balaban J connectivity index is 0.00000220. The summed E-state index contributed by atoms with van der Waals surface area (Å²) in [7, 11) is 0. The van der Waals surface area contributed by atoms with Gasteiger partial charge >= 0.3 is 0 Å². The topological polar surface area (TPSA) is 49.3 Å². The van der Waals surface area contributed by atoms with Gasteiger partial charge in [-0.05, 0) is 39.0 Å². The van der Waals surface area contributed by atoms with Gasteiger partial charge in [-0.25, -0.2) is 4.98 Å². The van der Waals surface area contributed by atoms with Gasteiger partial charge in [0.25, 0.3) is 0 Å². The Morgan fingerprint density at radius 2 is 2.10 bits per heavy atom. The van der Waals surface area contributed by atoms with Gasteiger partial charge < -0.3 is 10.6 Å². The summed E-state index contributed by atoms with van der Waals surface area (Å²) in [5, 5.41) is 7.93. The van der Waals surface area contributed by atoms with E-state index in [1.165, 1.54) is 28.4 Å². The maximum atomic E-state index is 4.67. The maximum absolute atomic E-state index is 4.67. The first-order valence-electron chi connectivity index (χ1n) is 7.70. The summed E-state index contributed by atoms with van der Waals surface area (Å²) in [6, 6.07) is 0. The molecular formula is C15H27IN4S.